The van der Waals surface area contributed by atoms with Crippen molar-refractivity contribution in [1.29, 1.82) is 0 Å². The molecule has 0 bridgehead atoms. The van der Waals surface area contributed by atoms with Crippen LogP contribution in [0.25, 0.3) is 0 Å². The summed E-state index contributed by atoms with van der Waals surface area (Å²) in [6.07, 6.45) is 1.45. The minimum absolute atomic E-state index is 0.587. The van der Waals surface area contributed by atoms with E-state index in [1.54, 1.807) is 5.06 Å². The van der Waals surface area contributed by atoms with Crippen LogP contribution in [0.15, 0.2) is 35.3 Å². The van der Waals surface area contributed by atoms with Crippen molar-refractivity contribution in [2.45, 2.75) is 0 Å². The van der Waals surface area contributed by atoms with E-state index in [0.717, 1.165) is 5.69 Å². The van der Waals surface area contributed by atoms with Crippen LogP contribution in [0.1, 0.15) is 0 Å². The van der Waals surface area contributed by atoms with Crippen molar-refractivity contribution >= 4 is 12.1 Å². The fourth-order valence-electron chi connectivity index (χ4n) is 0.968. The second kappa shape index (κ2) is 2.62. The van der Waals surface area contributed by atoms with Crippen molar-refractivity contribution in [1.82, 2.24) is 0 Å². The van der Waals surface area contributed by atoms with Gasteiger partial charge in [-0.1, -0.05) is 18.2 Å². The van der Waals surface area contributed by atoms with Crippen molar-refractivity contribution in [2.24, 2.45) is 4.99 Å². The normalized spacial score (nSPS) is 15.1. The van der Waals surface area contributed by atoms with Crippen LogP contribution in [0.2, 0.25) is 0 Å². The maximum Gasteiger partial charge on any atom is 0.206 e. The van der Waals surface area contributed by atoms with Crippen molar-refractivity contribution in [3.8, 4) is 0 Å². The van der Waals surface area contributed by atoms with E-state index in [4.69, 9.17) is 4.84 Å². The molecule has 0 unspecified atom stereocenters. The van der Waals surface area contributed by atoms with Gasteiger partial charge in [0.25, 0.3) is 0 Å². The number of nitrogens with zero attached hydrogens (tertiary/aromatic N) is 2. The average Bonchev–Trinajstić information content (AvgIpc) is 2.58. The summed E-state index contributed by atoms with van der Waals surface area (Å²) in [6.45, 7) is 0.587. The largest absolute Gasteiger partial charge is 0.366 e. The Morgan fingerprint density at radius 1 is 1.27 bits per heavy atom. The number of rotatable bonds is 1. The number of anilines is 1. The van der Waals surface area contributed by atoms with Crippen molar-refractivity contribution in [2.75, 3.05) is 11.7 Å². The van der Waals surface area contributed by atoms with Crippen LogP contribution in [-0.4, -0.2) is 13.1 Å². The molecule has 1 aliphatic rings. The third-order valence-electron chi connectivity index (χ3n) is 1.50. The van der Waals surface area contributed by atoms with Gasteiger partial charge in [0.1, 0.15) is 6.67 Å². The van der Waals surface area contributed by atoms with Gasteiger partial charge < -0.3 is 4.84 Å². The molecule has 0 radical (unpaired) electrons. The molecule has 1 aromatic carbocycles. The first kappa shape index (κ1) is 6.22. The number of benzene rings is 1. The highest BCUT2D eigenvalue weighted by molar-refractivity contribution is 5.55. The summed E-state index contributed by atoms with van der Waals surface area (Å²) in [5, 5.41) is 1.72. The van der Waals surface area contributed by atoms with Gasteiger partial charge in [-0.3, -0.25) is 0 Å². The molecule has 0 atom stereocenters. The first-order valence-corrected chi connectivity index (χ1v) is 3.44. The van der Waals surface area contributed by atoms with Gasteiger partial charge in [0.2, 0.25) is 6.40 Å². The molecule has 0 amide bonds. The van der Waals surface area contributed by atoms with Gasteiger partial charge in [0.05, 0.1) is 5.69 Å². The zero-order valence-corrected chi connectivity index (χ0v) is 5.97. The zero-order chi connectivity index (χ0) is 7.52. The lowest BCUT2D eigenvalue weighted by atomic mass is 10.3. The highest BCUT2D eigenvalue weighted by atomic mass is 16.7. The maximum atomic E-state index is 5.08. The van der Waals surface area contributed by atoms with E-state index >= 15 is 0 Å². The molecule has 3 nitrogen and oxygen atoms in total. The number of para-hydroxylation sites is 1. The Kier molecular flexibility index (Phi) is 1.48. The van der Waals surface area contributed by atoms with Gasteiger partial charge in [-0.15, -0.1) is 0 Å². The van der Waals surface area contributed by atoms with Gasteiger partial charge in [-0.25, -0.2) is 4.99 Å². The summed E-state index contributed by atoms with van der Waals surface area (Å²) < 4.78 is 0. The van der Waals surface area contributed by atoms with E-state index in [9.17, 15) is 0 Å². The molecule has 2 rings (SSSR count). The molecule has 0 saturated carbocycles. The number of hydrogen-bond donors (Lipinski definition) is 0. The summed E-state index contributed by atoms with van der Waals surface area (Å²) in [6, 6.07) is 9.87. The molecular formula is C8H8N2O. The van der Waals surface area contributed by atoms with E-state index in [1.165, 1.54) is 6.40 Å². The lowest BCUT2D eigenvalue weighted by Gasteiger charge is -2.13. The van der Waals surface area contributed by atoms with Crippen molar-refractivity contribution in [3.63, 3.8) is 0 Å². The fourth-order valence-corrected chi connectivity index (χ4v) is 0.968. The van der Waals surface area contributed by atoms with Gasteiger partial charge in [-0.05, 0) is 12.1 Å². The Morgan fingerprint density at radius 3 is 2.73 bits per heavy atom. The van der Waals surface area contributed by atoms with Crippen molar-refractivity contribution < 1.29 is 4.84 Å². The molecule has 0 spiro atoms. The molecule has 0 fully saturated rings. The zero-order valence-electron chi connectivity index (χ0n) is 5.97. The highest BCUT2D eigenvalue weighted by Crippen LogP contribution is 2.14. The predicted octanol–water partition coefficient (Wildman–Crippen LogP) is 1.42. The minimum atomic E-state index is 0.587. The SMILES string of the molecule is C1=NCN(c2ccccc2)O1. The summed E-state index contributed by atoms with van der Waals surface area (Å²) in [5.41, 5.74) is 1.03. The number of aliphatic imine (C=N–C) groups is 1. The molecule has 56 valence electrons. The summed E-state index contributed by atoms with van der Waals surface area (Å²) in [4.78, 5) is 9.00. The van der Waals surface area contributed by atoms with Crippen LogP contribution in [0, 0.1) is 0 Å². The van der Waals surface area contributed by atoms with Gasteiger partial charge in [0.15, 0.2) is 0 Å². The van der Waals surface area contributed by atoms with E-state index in [2.05, 4.69) is 4.99 Å². The molecular weight excluding hydrogens is 140 g/mol. The molecule has 0 saturated heterocycles. The Morgan fingerprint density at radius 2 is 2.09 bits per heavy atom. The van der Waals surface area contributed by atoms with Crippen LogP contribution in [-0.2, 0) is 4.84 Å². The second-order valence-electron chi connectivity index (χ2n) is 2.25. The molecule has 0 aromatic heterocycles. The number of hydroxylamine groups is 1. The maximum absolute atomic E-state index is 5.08. The molecule has 11 heavy (non-hydrogen) atoms. The molecule has 3 heteroatoms. The van der Waals surface area contributed by atoms with Crippen LogP contribution in [0.4, 0.5) is 5.69 Å². The molecule has 0 N–H and O–H groups in total. The van der Waals surface area contributed by atoms with E-state index < -0.39 is 0 Å². The summed E-state index contributed by atoms with van der Waals surface area (Å²) in [5.74, 6) is 0. The monoisotopic (exact) mass is 148 g/mol. The summed E-state index contributed by atoms with van der Waals surface area (Å²) >= 11 is 0. The van der Waals surface area contributed by atoms with Gasteiger partial charge in [-0.2, -0.15) is 5.06 Å². The Labute approximate surface area is 64.9 Å². The Hall–Kier alpha value is -1.51. The smallest absolute Gasteiger partial charge is 0.206 e. The van der Waals surface area contributed by atoms with Crippen LogP contribution < -0.4 is 5.06 Å². The average molecular weight is 148 g/mol. The lowest BCUT2D eigenvalue weighted by molar-refractivity contribution is 0.311. The summed E-state index contributed by atoms with van der Waals surface area (Å²) in [7, 11) is 0. The molecule has 0 aliphatic carbocycles. The lowest BCUT2D eigenvalue weighted by Crippen LogP contribution is -2.16. The topological polar surface area (TPSA) is 24.8 Å². The van der Waals surface area contributed by atoms with E-state index in [-0.39, 0.29) is 0 Å². The molecule has 1 heterocycles. The quantitative estimate of drug-likeness (QED) is 0.601. The van der Waals surface area contributed by atoms with Crippen LogP contribution in [0.5, 0.6) is 0 Å². The van der Waals surface area contributed by atoms with Crippen LogP contribution >= 0.6 is 0 Å². The second-order valence-corrected chi connectivity index (χ2v) is 2.25. The highest BCUT2D eigenvalue weighted by Gasteiger charge is 2.07. The fraction of sp³-hybridized carbons (Fsp3) is 0.125. The minimum Gasteiger partial charge on any atom is -0.366 e. The van der Waals surface area contributed by atoms with Crippen LogP contribution in [0.3, 0.4) is 0 Å². The standard InChI is InChI=1S/C8H8N2O/c1-2-4-8(5-3-1)10-6-9-7-11-10/h1-5,7H,6H2. The van der Waals surface area contributed by atoms with Crippen molar-refractivity contribution in [3.05, 3.63) is 30.3 Å². The third kappa shape index (κ3) is 1.17. The molecule has 1 aliphatic heterocycles. The number of hydrogen-bond acceptors (Lipinski definition) is 3. The first-order valence-electron chi connectivity index (χ1n) is 3.44. The van der Waals surface area contributed by atoms with E-state index in [0.29, 0.717) is 6.67 Å². The third-order valence-corrected chi connectivity index (χ3v) is 1.50. The van der Waals surface area contributed by atoms with Gasteiger partial charge >= 0.3 is 0 Å². The Bertz CT molecular complexity index is 250. The van der Waals surface area contributed by atoms with E-state index in [1.807, 2.05) is 30.3 Å². The molecule has 1 aromatic rings. The van der Waals surface area contributed by atoms with Gasteiger partial charge in [0, 0.05) is 0 Å². The first-order chi connectivity index (χ1) is 5.47. The Balaban J connectivity index is 2.17. The predicted molar refractivity (Wildman–Crippen MR) is 43.4 cm³/mol.